The van der Waals surface area contributed by atoms with Crippen LogP contribution in [0.25, 0.3) is 10.8 Å². The van der Waals surface area contributed by atoms with E-state index in [1.165, 1.54) is 0 Å². The Bertz CT molecular complexity index is 1080. The smallest absolute Gasteiger partial charge is 0.285 e. The first-order valence-corrected chi connectivity index (χ1v) is 10.7. The minimum atomic E-state index is -0.678. The molecule has 0 bridgehead atoms. The summed E-state index contributed by atoms with van der Waals surface area (Å²) in [5.74, 6) is 0.739. The summed E-state index contributed by atoms with van der Waals surface area (Å²) in [6.45, 7) is 6.69. The molecule has 0 saturated heterocycles. The third-order valence-electron chi connectivity index (χ3n) is 6.28. The Kier molecular flexibility index (Phi) is 5.94. The van der Waals surface area contributed by atoms with Crippen molar-refractivity contribution in [3.8, 4) is 5.75 Å². The van der Waals surface area contributed by atoms with E-state index in [-0.39, 0.29) is 24.2 Å². The third kappa shape index (κ3) is 4.40. The van der Waals surface area contributed by atoms with E-state index in [2.05, 4.69) is 24.5 Å². The van der Waals surface area contributed by atoms with E-state index in [4.69, 9.17) is 4.74 Å². The topological polar surface area (TPSA) is 73.6 Å². The fourth-order valence-electron chi connectivity index (χ4n) is 3.99. The number of benzene rings is 3. The Morgan fingerprint density at radius 2 is 1.81 bits per heavy atom. The van der Waals surface area contributed by atoms with Crippen molar-refractivity contribution >= 4 is 22.1 Å². The molecule has 1 aliphatic rings. The van der Waals surface area contributed by atoms with Crippen LogP contribution in [0.5, 0.6) is 5.75 Å². The molecule has 0 fully saturated rings. The first-order chi connectivity index (χ1) is 14.9. The van der Waals surface area contributed by atoms with E-state index < -0.39 is 6.10 Å². The van der Waals surface area contributed by atoms with Gasteiger partial charge in [0, 0.05) is 28.4 Å². The standard InChI is InChI=1S/C25H30N3O3/c1-17(24-27-21-12-6-7-13-22(21)28(24)30)25(2,3)26-15-19(29)16-31-23-14-8-10-18-9-4-5-11-20(18)23/h4-14,17,19,24,26-27,29H,15-16H2,1-3H3/q+1. The van der Waals surface area contributed by atoms with Gasteiger partial charge in [0.25, 0.3) is 11.9 Å². The summed E-state index contributed by atoms with van der Waals surface area (Å²) in [6, 6.07) is 21.5. The number of fused-ring (bicyclic) bond motifs is 2. The predicted molar refractivity (Wildman–Crippen MR) is 124 cm³/mol. The van der Waals surface area contributed by atoms with Gasteiger partial charge in [-0.25, -0.2) is 0 Å². The van der Waals surface area contributed by atoms with Crippen molar-refractivity contribution in [1.82, 2.24) is 5.32 Å². The van der Waals surface area contributed by atoms with E-state index in [0.29, 0.717) is 12.2 Å². The number of aliphatic hydroxyl groups excluding tert-OH is 1. The van der Waals surface area contributed by atoms with Crippen LogP contribution in [0.1, 0.15) is 20.8 Å². The Morgan fingerprint density at radius 3 is 2.61 bits per heavy atom. The Labute approximate surface area is 182 Å². The Morgan fingerprint density at radius 1 is 1.10 bits per heavy atom. The number of aliphatic hydroxyl groups is 1. The fourth-order valence-corrected chi connectivity index (χ4v) is 3.99. The van der Waals surface area contributed by atoms with Gasteiger partial charge in [0.15, 0.2) is 0 Å². The van der Waals surface area contributed by atoms with Crippen LogP contribution in [0, 0.1) is 10.8 Å². The van der Waals surface area contributed by atoms with Crippen molar-refractivity contribution in [2.45, 2.75) is 38.6 Å². The zero-order valence-electron chi connectivity index (χ0n) is 18.2. The number of para-hydroxylation sites is 2. The zero-order chi connectivity index (χ0) is 22.0. The highest BCUT2D eigenvalue weighted by Crippen LogP contribution is 2.37. The van der Waals surface area contributed by atoms with Crippen molar-refractivity contribution in [2.24, 2.45) is 5.92 Å². The van der Waals surface area contributed by atoms with Gasteiger partial charge in [-0.15, -0.1) is 0 Å². The highest BCUT2D eigenvalue weighted by atomic mass is 16.5. The fraction of sp³-hybridized carbons (Fsp3) is 0.360. The van der Waals surface area contributed by atoms with Crippen molar-refractivity contribution < 1.29 is 14.6 Å². The highest BCUT2D eigenvalue weighted by Gasteiger charge is 2.47. The molecule has 0 saturated carbocycles. The molecule has 0 spiro atoms. The molecule has 162 valence electrons. The summed E-state index contributed by atoms with van der Waals surface area (Å²) in [5, 5.41) is 19.4. The highest BCUT2D eigenvalue weighted by molar-refractivity contribution is 5.88. The van der Waals surface area contributed by atoms with E-state index in [1.54, 1.807) is 0 Å². The molecule has 3 atom stereocenters. The molecule has 0 aromatic heterocycles. The maximum atomic E-state index is 12.7. The van der Waals surface area contributed by atoms with Crippen LogP contribution in [0.2, 0.25) is 0 Å². The molecular weight excluding hydrogens is 390 g/mol. The number of nitroso groups, excluding NO2 is 1. The van der Waals surface area contributed by atoms with Gasteiger partial charge in [-0.2, -0.15) is 0 Å². The maximum Gasteiger partial charge on any atom is 0.285 e. The molecule has 0 amide bonds. The molecule has 4 rings (SSSR count). The lowest BCUT2D eigenvalue weighted by Gasteiger charge is -2.34. The molecule has 6 heteroatoms. The summed E-state index contributed by atoms with van der Waals surface area (Å²) in [5.41, 5.74) is 1.13. The molecule has 3 aromatic rings. The van der Waals surface area contributed by atoms with Crippen molar-refractivity contribution in [2.75, 3.05) is 18.5 Å². The van der Waals surface area contributed by atoms with Crippen LogP contribution >= 0.6 is 0 Å². The zero-order valence-corrected chi connectivity index (χ0v) is 18.2. The van der Waals surface area contributed by atoms with E-state index in [1.807, 2.05) is 73.7 Å². The number of anilines is 1. The molecule has 1 heterocycles. The van der Waals surface area contributed by atoms with Crippen LogP contribution in [-0.2, 0) is 0 Å². The number of nitrogens with zero attached hydrogens (tertiary/aromatic N) is 1. The lowest BCUT2D eigenvalue weighted by molar-refractivity contribution is -0.501. The van der Waals surface area contributed by atoms with E-state index in [9.17, 15) is 10.0 Å². The third-order valence-corrected chi connectivity index (χ3v) is 6.28. The average molecular weight is 421 g/mol. The molecular formula is C25H30N3O3+. The average Bonchev–Trinajstić information content (AvgIpc) is 3.12. The van der Waals surface area contributed by atoms with Gasteiger partial charge in [0.1, 0.15) is 24.1 Å². The molecule has 6 nitrogen and oxygen atoms in total. The number of rotatable bonds is 8. The van der Waals surface area contributed by atoms with Crippen molar-refractivity contribution in [1.29, 1.82) is 0 Å². The quantitative estimate of drug-likeness (QED) is 0.470. The Balaban J connectivity index is 1.33. The summed E-state index contributed by atoms with van der Waals surface area (Å²) >= 11 is 0. The van der Waals surface area contributed by atoms with Gasteiger partial charge >= 0.3 is 0 Å². The monoisotopic (exact) mass is 420 g/mol. The molecule has 3 aromatic carbocycles. The minimum Gasteiger partial charge on any atom is -0.490 e. The minimum absolute atomic E-state index is 0.0245. The van der Waals surface area contributed by atoms with Crippen molar-refractivity contribution in [3.63, 3.8) is 0 Å². The second kappa shape index (κ2) is 8.65. The molecule has 3 unspecified atom stereocenters. The van der Waals surface area contributed by atoms with Gasteiger partial charge in [-0.3, -0.25) is 0 Å². The number of hydrogen-bond donors (Lipinski definition) is 3. The second-order valence-corrected chi connectivity index (χ2v) is 8.77. The summed E-state index contributed by atoms with van der Waals surface area (Å²) in [6.07, 6.45) is -1.05. The first-order valence-electron chi connectivity index (χ1n) is 10.7. The molecule has 0 radical (unpaired) electrons. The lowest BCUT2D eigenvalue weighted by Crippen LogP contribution is -2.54. The van der Waals surface area contributed by atoms with Crippen LogP contribution in [0.15, 0.2) is 66.7 Å². The van der Waals surface area contributed by atoms with Crippen LogP contribution in [-0.4, -0.2) is 40.8 Å². The first kappa shape index (κ1) is 21.3. The normalized spacial score (nSPS) is 17.8. The SMILES string of the molecule is CC(C1Nc2ccccc2[N+]1=O)C(C)(C)NCC(O)COc1cccc2ccccc12. The molecule has 1 aliphatic heterocycles. The van der Waals surface area contributed by atoms with Gasteiger partial charge in [0.05, 0.1) is 10.7 Å². The molecule has 0 aliphatic carbocycles. The van der Waals surface area contributed by atoms with E-state index in [0.717, 1.165) is 27.0 Å². The number of hydrogen-bond acceptors (Lipinski definition) is 5. The predicted octanol–water partition coefficient (Wildman–Crippen LogP) is 4.45. The second-order valence-electron chi connectivity index (χ2n) is 8.77. The largest absolute Gasteiger partial charge is 0.490 e. The summed E-state index contributed by atoms with van der Waals surface area (Å²) in [7, 11) is 0. The van der Waals surface area contributed by atoms with Crippen LogP contribution in [0.4, 0.5) is 11.4 Å². The van der Waals surface area contributed by atoms with Gasteiger partial charge < -0.3 is 20.5 Å². The van der Waals surface area contributed by atoms with E-state index >= 15 is 0 Å². The summed E-state index contributed by atoms with van der Waals surface area (Å²) in [4.78, 5) is 12.7. The van der Waals surface area contributed by atoms with Gasteiger partial charge in [-0.05, 0) is 31.4 Å². The number of nitrogens with one attached hydrogen (secondary N) is 2. The molecule has 31 heavy (non-hydrogen) atoms. The van der Waals surface area contributed by atoms with Crippen LogP contribution in [0.3, 0.4) is 0 Å². The lowest BCUT2D eigenvalue weighted by atomic mass is 9.86. The summed E-state index contributed by atoms with van der Waals surface area (Å²) < 4.78 is 6.95. The van der Waals surface area contributed by atoms with Gasteiger partial charge in [0.2, 0.25) is 0 Å². The Hall–Kier alpha value is -2.96. The molecule has 3 N–H and O–H groups in total. The van der Waals surface area contributed by atoms with Gasteiger partial charge in [-0.1, -0.05) is 55.5 Å². The number of β-amino-alcohol motifs (C(OH)–C–C–N with tert-alkyl or cyclic N) is 1. The number of ether oxygens (including phenoxy) is 1. The maximum absolute atomic E-state index is 12.7. The van der Waals surface area contributed by atoms with Crippen LogP contribution < -0.4 is 15.4 Å². The van der Waals surface area contributed by atoms with Crippen molar-refractivity contribution in [3.05, 3.63) is 71.6 Å².